The number of carbonyl (C=O) groups excluding carboxylic acids is 1. The van der Waals surface area contributed by atoms with E-state index in [0.29, 0.717) is 24.1 Å². The lowest BCUT2D eigenvalue weighted by Crippen LogP contribution is -2.41. The summed E-state index contributed by atoms with van der Waals surface area (Å²) in [4.78, 5) is 16.5. The van der Waals surface area contributed by atoms with Gasteiger partial charge in [-0.2, -0.15) is 0 Å². The van der Waals surface area contributed by atoms with Crippen molar-refractivity contribution in [1.82, 2.24) is 10.3 Å². The first-order valence-corrected chi connectivity index (χ1v) is 8.65. The van der Waals surface area contributed by atoms with Crippen LogP contribution in [0.2, 0.25) is 0 Å². The van der Waals surface area contributed by atoms with Crippen molar-refractivity contribution in [3.05, 3.63) is 59.9 Å². The number of pyridine rings is 1. The molecule has 0 radical (unpaired) electrons. The number of benzene rings is 1. The highest BCUT2D eigenvalue weighted by molar-refractivity contribution is 5.94. The van der Waals surface area contributed by atoms with E-state index in [0.717, 1.165) is 17.7 Å². The fourth-order valence-electron chi connectivity index (χ4n) is 3.14. The van der Waals surface area contributed by atoms with Crippen molar-refractivity contribution >= 4 is 5.91 Å². The van der Waals surface area contributed by atoms with Crippen LogP contribution in [0.15, 0.2) is 48.8 Å². The van der Waals surface area contributed by atoms with Gasteiger partial charge in [0.25, 0.3) is 5.91 Å². The van der Waals surface area contributed by atoms with Gasteiger partial charge in [0.1, 0.15) is 12.4 Å². The summed E-state index contributed by atoms with van der Waals surface area (Å²) in [5.74, 6) is 1.32. The molecule has 2 unspecified atom stereocenters. The zero-order chi connectivity index (χ0) is 16.8. The van der Waals surface area contributed by atoms with Gasteiger partial charge in [-0.15, -0.1) is 0 Å². The van der Waals surface area contributed by atoms with Gasteiger partial charge in [0, 0.05) is 29.6 Å². The molecule has 1 fully saturated rings. The third-order valence-corrected chi connectivity index (χ3v) is 4.67. The van der Waals surface area contributed by atoms with Gasteiger partial charge in [-0.25, -0.2) is 0 Å². The second-order valence-electron chi connectivity index (χ2n) is 6.52. The molecule has 126 valence electrons. The molecule has 1 aromatic carbocycles. The van der Waals surface area contributed by atoms with Crippen LogP contribution in [0, 0.1) is 5.92 Å². The van der Waals surface area contributed by atoms with Gasteiger partial charge < -0.3 is 10.1 Å². The molecule has 1 aliphatic rings. The number of nitrogens with one attached hydrogen (secondary N) is 1. The van der Waals surface area contributed by atoms with E-state index in [2.05, 4.69) is 17.2 Å². The van der Waals surface area contributed by atoms with Crippen LogP contribution in [0.25, 0.3) is 0 Å². The molecule has 0 bridgehead atoms. The zero-order valence-corrected chi connectivity index (χ0v) is 14.1. The molecule has 3 rings (SSSR count). The minimum Gasteiger partial charge on any atom is -0.489 e. The first-order chi connectivity index (χ1) is 11.7. The SMILES string of the molecule is CC1CCCCC1NC(=O)c1ccc(OCc2cccnc2)cc1. The number of amides is 1. The van der Waals surface area contributed by atoms with Gasteiger partial charge in [0.2, 0.25) is 0 Å². The zero-order valence-electron chi connectivity index (χ0n) is 14.1. The predicted molar refractivity (Wildman–Crippen MR) is 93.9 cm³/mol. The molecule has 0 aliphatic heterocycles. The van der Waals surface area contributed by atoms with E-state index in [4.69, 9.17) is 4.74 Å². The minimum atomic E-state index is 0.00700. The van der Waals surface area contributed by atoms with Crippen LogP contribution in [0.3, 0.4) is 0 Å². The molecule has 2 atom stereocenters. The fraction of sp³-hybridized carbons (Fsp3) is 0.400. The number of rotatable bonds is 5. The molecule has 4 nitrogen and oxygen atoms in total. The molecular formula is C20H24N2O2. The highest BCUT2D eigenvalue weighted by Crippen LogP contribution is 2.24. The van der Waals surface area contributed by atoms with E-state index in [1.807, 2.05) is 36.4 Å². The molecule has 1 aromatic heterocycles. The second kappa shape index (κ2) is 7.95. The Morgan fingerprint density at radius 2 is 2.00 bits per heavy atom. The Morgan fingerprint density at radius 3 is 2.71 bits per heavy atom. The number of hydrogen-bond acceptors (Lipinski definition) is 3. The summed E-state index contributed by atoms with van der Waals surface area (Å²) in [7, 11) is 0. The van der Waals surface area contributed by atoms with Crippen LogP contribution in [0.5, 0.6) is 5.75 Å². The molecule has 0 spiro atoms. The van der Waals surface area contributed by atoms with Gasteiger partial charge in [0.15, 0.2) is 0 Å². The van der Waals surface area contributed by atoms with E-state index >= 15 is 0 Å². The maximum atomic E-state index is 12.4. The monoisotopic (exact) mass is 324 g/mol. The molecule has 0 saturated heterocycles. The lowest BCUT2D eigenvalue weighted by atomic mass is 9.86. The average molecular weight is 324 g/mol. The Hall–Kier alpha value is -2.36. The van der Waals surface area contributed by atoms with Crippen LogP contribution in [-0.2, 0) is 6.61 Å². The standard InChI is InChI=1S/C20H24N2O2/c1-15-5-2-3-7-19(15)22-20(23)17-8-10-18(11-9-17)24-14-16-6-4-12-21-13-16/h4,6,8-13,15,19H,2-3,5,7,14H2,1H3,(H,22,23). The van der Waals surface area contributed by atoms with E-state index in [1.54, 1.807) is 12.4 Å². The summed E-state index contributed by atoms with van der Waals surface area (Å²) in [6.07, 6.45) is 8.29. The highest BCUT2D eigenvalue weighted by Gasteiger charge is 2.23. The summed E-state index contributed by atoms with van der Waals surface area (Å²) in [5, 5.41) is 3.17. The van der Waals surface area contributed by atoms with Crippen molar-refractivity contribution in [3.63, 3.8) is 0 Å². The summed E-state index contributed by atoms with van der Waals surface area (Å²) < 4.78 is 5.72. The van der Waals surface area contributed by atoms with Gasteiger partial charge in [0.05, 0.1) is 0 Å². The van der Waals surface area contributed by atoms with Crippen molar-refractivity contribution in [2.24, 2.45) is 5.92 Å². The van der Waals surface area contributed by atoms with Gasteiger partial charge in [-0.05, 0) is 49.1 Å². The van der Waals surface area contributed by atoms with Crippen molar-refractivity contribution in [2.75, 3.05) is 0 Å². The molecule has 24 heavy (non-hydrogen) atoms. The largest absolute Gasteiger partial charge is 0.489 e. The minimum absolute atomic E-state index is 0.00700. The van der Waals surface area contributed by atoms with E-state index in [9.17, 15) is 4.79 Å². The summed E-state index contributed by atoms with van der Waals surface area (Å²) in [6.45, 7) is 2.69. The van der Waals surface area contributed by atoms with Gasteiger partial charge >= 0.3 is 0 Å². The van der Waals surface area contributed by atoms with Crippen LogP contribution >= 0.6 is 0 Å². The molecule has 1 N–H and O–H groups in total. The van der Waals surface area contributed by atoms with Crippen LogP contribution in [0.1, 0.15) is 48.5 Å². The number of ether oxygens (including phenoxy) is 1. The first-order valence-electron chi connectivity index (χ1n) is 8.65. The molecule has 1 heterocycles. The van der Waals surface area contributed by atoms with E-state index in [1.165, 1.54) is 19.3 Å². The van der Waals surface area contributed by atoms with Crippen molar-refractivity contribution < 1.29 is 9.53 Å². The second-order valence-corrected chi connectivity index (χ2v) is 6.52. The fourth-order valence-corrected chi connectivity index (χ4v) is 3.14. The first kappa shape index (κ1) is 16.5. The number of nitrogens with zero attached hydrogens (tertiary/aromatic N) is 1. The smallest absolute Gasteiger partial charge is 0.251 e. The Kier molecular flexibility index (Phi) is 5.47. The Morgan fingerprint density at radius 1 is 1.21 bits per heavy atom. The quantitative estimate of drug-likeness (QED) is 0.905. The molecule has 1 saturated carbocycles. The van der Waals surface area contributed by atoms with Crippen molar-refractivity contribution in [3.8, 4) is 5.75 Å². The summed E-state index contributed by atoms with van der Waals surface area (Å²) >= 11 is 0. The predicted octanol–water partition coefficient (Wildman–Crippen LogP) is 3.97. The van der Waals surface area contributed by atoms with E-state index in [-0.39, 0.29) is 5.91 Å². The van der Waals surface area contributed by atoms with Crippen LogP contribution in [0.4, 0.5) is 0 Å². The third-order valence-electron chi connectivity index (χ3n) is 4.67. The highest BCUT2D eigenvalue weighted by atomic mass is 16.5. The Bertz CT molecular complexity index is 655. The lowest BCUT2D eigenvalue weighted by Gasteiger charge is -2.29. The van der Waals surface area contributed by atoms with Crippen molar-refractivity contribution in [2.45, 2.75) is 45.3 Å². The van der Waals surface area contributed by atoms with Gasteiger partial charge in [-0.1, -0.05) is 25.8 Å². The number of hydrogen-bond donors (Lipinski definition) is 1. The average Bonchev–Trinajstić information content (AvgIpc) is 2.63. The molecule has 2 aromatic rings. The Balaban J connectivity index is 1.54. The summed E-state index contributed by atoms with van der Waals surface area (Å²) in [6, 6.07) is 11.5. The number of aromatic nitrogens is 1. The van der Waals surface area contributed by atoms with Crippen LogP contribution < -0.4 is 10.1 Å². The topological polar surface area (TPSA) is 51.2 Å². The molecule has 4 heteroatoms. The van der Waals surface area contributed by atoms with E-state index < -0.39 is 0 Å². The summed E-state index contributed by atoms with van der Waals surface area (Å²) in [5.41, 5.74) is 1.70. The third kappa shape index (κ3) is 4.34. The molecule has 1 aliphatic carbocycles. The van der Waals surface area contributed by atoms with Crippen LogP contribution in [-0.4, -0.2) is 16.9 Å². The maximum Gasteiger partial charge on any atom is 0.251 e. The molecular weight excluding hydrogens is 300 g/mol. The van der Waals surface area contributed by atoms with Crippen molar-refractivity contribution in [1.29, 1.82) is 0 Å². The number of carbonyl (C=O) groups is 1. The lowest BCUT2D eigenvalue weighted by molar-refractivity contribution is 0.0910. The normalized spacial score (nSPS) is 20.4. The Labute approximate surface area is 143 Å². The van der Waals surface area contributed by atoms with Gasteiger partial charge in [-0.3, -0.25) is 9.78 Å². The maximum absolute atomic E-state index is 12.4. The molecule has 1 amide bonds.